The number of rotatable bonds is 9. The van der Waals surface area contributed by atoms with Crippen molar-refractivity contribution >= 4 is 38.7 Å². The van der Waals surface area contributed by atoms with Crippen molar-refractivity contribution in [1.29, 1.82) is 0 Å². The number of aryl methyl sites for hydroxylation is 1. The van der Waals surface area contributed by atoms with Crippen LogP contribution in [0.4, 0.5) is 0 Å². The van der Waals surface area contributed by atoms with Gasteiger partial charge in [-0.3, -0.25) is 9.69 Å². The molecule has 6 rings (SSSR count). The van der Waals surface area contributed by atoms with E-state index in [9.17, 15) is 13.2 Å². The van der Waals surface area contributed by atoms with Gasteiger partial charge in [-0.25, -0.2) is 13.1 Å². The standard InChI is InChI=1S/C34H33ClN4O3S2/c1-44(41,42)27-13-7-12-26(23-27)32-16-17-33(43-32)31-24-29(36-39(31)30-15-6-5-14-28(30)35)34(40)38-21-19-37(20-22-38)18-8-11-25-9-3-2-4-10-25/h2-7,9-10,12-17,23-24H,8,11,18-22H2,1H3. The Labute approximate surface area is 267 Å². The number of hydrogen-bond donors (Lipinski definition) is 0. The van der Waals surface area contributed by atoms with E-state index in [4.69, 9.17) is 16.7 Å². The van der Waals surface area contributed by atoms with Crippen molar-refractivity contribution in [3.8, 4) is 26.7 Å². The molecule has 5 aromatic rings. The average Bonchev–Trinajstić information content (AvgIpc) is 3.70. The van der Waals surface area contributed by atoms with Crippen molar-refractivity contribution in [2.24, 2.45) is 0 Å². The van der Waals surface area contributed by atoms with E-state index < -0.39 is 9.84 Å². The number of amides is 1. The van der Waals surface area contributed by atoms with E-state index >= 15 is 0 Å². The fourth-order valence-corrected chi connectivity index (χ4v) is 7.35. The number of aromatic nitrogens is 2. The van der Waals surface area contributed by atoms with Gasteiger partial charge in [0.1, 0.15) is 0 Å². The molecule has 0 N–H and O–H groups in total. The molecule has 0 unspecified atom stereocenters. The molecule has 0 aliphatic carbocycles. The smallest absolute Gasteiger partial charge is 0.274 e. The molecule has 3 aromatic carbocycles. The van der Waals surface area contributed by atoms with Gasteiger partial charge in [-0.2, -0.15) is 5.10 Å². The third-order valence-electron chi connectivity index (χ3n) is 7.86. The quantitative estimate of drug-likeness (QED) is 0.178. The number of para-hydroxylation sites is 1. The lowest BCUT2D eigenvalue weighted by molar-refractivity contribution is 0.0630. The predicted molar refractivity (Wildman–Crippen MR) is 178 cm³/mol. The maximum Gasteiger partial charge on any atom is 0.274 e. The molecule has 0 radical (unpaired) electrons. The molecule has 0 spiro atoms. The zero-order valence-corrected chi connectivity index (χ0v) is 26.8. The van der Waals surface area contributed by atoms with Crippen molar-refractivity contribution in [2.75, 3.05) is 39.0 Å². The van der Waals surface area contributed by atoms with Crippen LogP contribution in [0.5, 0.6) is 0 Å². The monoisotopic (exact) mass is 644 g/mol. The number of carbonyl (C=O) groups excluding carboxylic acids is 1. The van der Waals surface area contributed by atoms with Gasteiger partial charge in [0.15, 0.2) is 15.5 Å². The highest BCUT2D eigenvalue weighted by atomic mass is 35.5. The van der Waals surface area contributed by atoms with E-state index in [1.54, 1.807) is 28.9 Å². The number of hydrogen-bond acceptors (Lipinski definition) is 6. The van der Waals surface area contributed by atoms with Crippen LogP contribution in [0.15, 0.2) is 102 Å². The summed E-state index contributed by atoms with van der Waals surface area (Å²) in [5.74, 6) is -0.0985. The molecule has 0 atom stereocenters. The van der Waals surface area contributed by atoms with Crippen molar-refractivity contribution in [2.45, 2.75) is 17.7 Å². The summed E-state index contributed by atoms with van der Waals surface area (Å²) in [5.41, 5.74) is 3.96. The van der Waals surface area contributed by atoms with E-state index in [1.165, 1.54) is 23.2 Å². The normalized spacial score (nSPS) is 14.2. The van der Waals surface area contributed by atoms with Crippen LogP contribution in [0.25, 0.3) is 26.7 Å². The Bertz CT molecular complexity index is 1880. The molecule has 226 valence electrons. The molecule has 0 bridgehead atoms. The van der Waals surface area contributed by atoms with E-state index in [0.717, 1.165) is 53.5 Å². The lowest BCUT2D eigenvalue weighted by Gasteiger charge is -2.34. The Morgan fingerprint density at radius 3 is 2.34 bits per heavy atom. The minimum Gasteiger partial charge on any atom is -0.335 e. The van der Waals surface area contributed by atoms with Gasteiger partial charge in [0.05, 0.1) is 26.2 Å². The van der Waals surface area contributed by atoms with Gasteiger partial charge in [-0.05, 0) is 73.0 Å². The van der Waals surface area contributed by atoms with Crippen molar-refractivity contribution in [3.05, 3.63) is 113 Å². The van der Waals surface area contributed by atoms with Crippen molar-refractivity contribution < 1.29 is 13.2 Å². The summed E-state index contributed by atoms with van der Waals surface area (Å²) in [6.07, 6.45) is 3.35. The third kappa shape index (κ3) is 6.81. The van der Waals surface area contributed by atoms with Crippen LogP contribution in [0, 0.1) is 0 Å². The average molecular weight is 645 g/mol. The first-order chi connectivity index (χ1) is 21.3. The molecule has 1 aliphatic rings. The maximum atomic E-state index is 13.7. The second-order valence-electron chi connectivity index (χ2n) is 11.0. The van der Waals surface area contributed by atoms with Gasteiger partial charge < -0.3 is 4.90 Å². The van der Waals surface area contributed by atoms with Crippen molar-refractivity contribution in [3.63, 3.8) is 0 Å². The predicted octanol–water partition coefficient (Wildman–Crippen LogP) is 6.72. The highest BCUT2D eigenvalue weighted by molar-refractivity contribution is 7.90. The molecule has 10 heteroatoms. The van der Waals surface area contributed by atoms with Crippen LogP contribution in [0.2, 0.25) is 5.02 Å². The van der Waals surface area contributed by atoms with E-state index in [-0.39, 0.29) is 10.8 Å². The Kier molecular flexibility index (Phi) is 9.00. The zero-order chi connectivity index (χ0) is 30.7. The molecule has 1 fully saturated rings. The Hall–Kier alpha value is -3.76. The molecule has 2 aromatic heterocycles. The summed E-state index contributed by atoms with van der Waals surface area (Å²) < 4.78 is 26.0. The van der Waals surface area contributed by atoms with E-state index in [1.807, 2.05) is 53.4 Å². The Balaban J connectivity index is 1.21. The second kappa shape index (κ2) is 13.1. The number of thiophene rings is 1. The molecule has 44 heavy (non-hydrogen) atoms. The summed E-state index contributed by atoms with van der Waals surface area (Å²) in [7, 11) is -3.33. The second-order valence-corrected chi connectivity index (χ2v) is 14.5. The number of carbonyl (C=O) groups is 1. The first-order valence-electron chi connectivity index (χ1n) is 14.6. The highest BCUT2D eigenvalue weighted by Crippen LogP contribution is 2.37. The molecule has 7 nitrogen and oxygen atoms in total. The number of nitrogens with zero attached hydrogens (tertiary/aromatic N) is 4. The minimum atomic E-state index is -3.33. The van der Waals surface area contributed by atoms with Gasteiger partial charge >= 0.3 is 0 Å². The van der Waals surface area contributed by atoms with Gasteiger partial charge in [-0.1, -0.05) is 66.2 Å². The number of halogens is 1. The Morgan fingerprint density at radius 1 is 0.864 bits per heavy atom. The van der Waals surface area contributed by atoms with Gasteiger partial charge in [0.2, 0.25) is 0 Å². The van der Waals surface area contributed by atoms with Crippen LogP contribution < -0.4 is 0 Å². The van der Waals surface area contributed by atoms with Gasteiger partial charge in [-0.15, -0.1) is 11.3 Å². The van der Waals surface area contributed by atoms with E-state index in [2.05, 4.69) is 29.2 Å². The molecular formula is C34H33ClN4O3S2. The minimum absolute atomic E-state index is 0.0985. The maximum absolute atomic E-state index is 13.7. The topological polar surface area (TPSA) is 75.5 Å². The third-order valence-corrected chi connectivity index (χ3v) is 10.4. The van der Waals surface area contributed by atoms with Crippen LogP contribution >= 0.6 is 22.9 Å². The lowest BCUT2D eigenvalue weighted by atomic mass is 10.1. The van der Waals surface area contributed by atoms with Crippen LogP contribution in [0.1, 0.15) is 22.5 Å². The summed E-state index contributed by atoms with van der Waals surface area (Å²) in [6, 6.07) is 30.7. The molecular weight excluding hydrogens is 612 g/mol. The van der Waals surface area contributed by atoms with Crippen LogP contribution in [-0.2, 0) is 16.3 Å². The summed E-state index contributed by atoms with van der Waals surface area (Å²) in [5, 5.41) is 5.30. The molecule has 3 heterocycles. The molecule has 0 saturated carbocycles. The van der Waals surface area contributed by atoms with E-state index in [0.29, 0.717) is 29.5 Å². The van der Waals surface area contributed by atoms with Crippen LogP contribution in [-0.4, -0.2) is 72.9 Å². The molecule has 1 saturated heterocycles. The number of piperazine rings is 1. The fraction of sp³-hybridized carbons (Fsp3) is 0.235. The van der Waals surface area contributed by atoms with Gasteiger partial charge in [0, 0.05) is 37.3 Å². The first kappa shape index (κ1) is 30.3. The Morgan fingerprint density at radius 2 is 1.59 bits per heavy atom. The lowest BCUT2D eigenvalue weighted by Crippen LogP contribution is -2.49. The molecule has 1 amide bonds. The zero-order valence-electron chi connectivity index (χ0n) is 24.4. The number of benzene rings is 3. The highest BCUT2D eigenvalue weighted by Gasteiger charge is 2.26. The largest absolute Gasteiger partial charge is 0.335 e. The first-order valence-corrected chi connectivity index (χ1v) is 17.7. The summed E-state index contributed by atoms with van der Waals surface area (Å²) >= 11 is 8.11. The summed E-state index contributed by atoms with van der Waals surface area (Å²) in [4.78, 5) is 20.1. The SMILES string of the molecule is CS(=O)(=O)c1cccc(-c2ccc(-c3cc(C(=O)N4CCN(CCCc5ccccc5)CC4)nn3-c3ccccc3Cl)s2)c1. The van der Waals surface area contributed by atoms with Crippen LogP contribution in [0.3, 0.4) is 0 Å². The number of sulfone groups is 1. The molecule has 1 aliphatic heterocycles. The summed E-state index contributed by atoms with van der Waals surface area (Å²) in [6.45, 7) is 3.98. The fourth-order valence-electron chi connectivity index (χ4n) is 5.47. The van der Waals surface area contributed by atoms with Crippen molar-refractivity contribution in [1.82, 2.24) is 19.6 Å². The van der Waals surface area contributed by atoms with Gasteiger partial charge in [0.25, 0.3) is 5.91 Å².